The summed E-state index contributed by atoms with van der Waals surface area (Å²) in [6.45, 7) is 5.80. The van der Waals surface area contributed by atoms with E-state index >= 15 is 0 Å². The molecule has 186 valence electrons. The molecule has 0 saturated heterocycles. The highest BCUT2D eigenvalue weighted by Gasteiger charge is 2.36. The number of fused-ring (bicyclic) bond motifs is 3. The van der Waals surface area contributed by atoms with Gasteiger partial charge in [0.2, 0.25) is 5.91 Å². The standard InChI is InChI=1S/C28H34N2O5/c1-28(2,3)24(25(31)29-18-10-8-9-17(15-18)26(32)33)30-27(34)35-16-23-21-13-6-4-11-19(21)20-12-5-7-14-22(20)23/h4-7,11-14,17-18,23-24H,8-10,15-16H2,1-3H3,(H,29,31)(H,30,34)(H,32,33)/t17?,18?,24-/m1/s1. The van der Waals surface area contributed by atoms with Crippen molar-refractivity contribution in [1.29, 1.82) is 0 Å². The third kappa shape index (κ3) is 5.50. The zero-order valence-corrected chi connectivity index (χ0v) is 20.5. The van der Waals surface area contributed by atoms with Gasteiger partial charge in [0, 0.05) is 12.0 Å². The van der Waals surface area contributed by atoms with E-state index in [0.717, 1.165) is 35.1 Å². The molecular formula is C28H34N2O5. The van der Waals surface area contributed by atoms with Crippen LogP contribution < -0.4 is 10.6 Å². The number of ether oxygens (including phenoxy) is 1. The summed E-state index contributed by atoms with van der Waals surface area (Å²) in [5, 5.41) is 15.1. The number of carbonyl (C=O) groups is 3. The van der Waals surface area contributed by atoms with E-state index in [4.69, 9.17) is 4.74 Å². The van der Waals surface area contributed by atoms with Gasteiger partial charge in [-0.2, -0.15) is 0 Å². The number of hydrogen-bond acceptors (Lipinski definition) is 4. The molecule has 7 heteroatoms. The Morgan fingerprint density at radius 2 is 1.60 bits per heavy atom. The average molecular weight is 479 g/mol. The Balaban J connectivity index is 1.40. The number of rotatable bonds is 6. The first-order valence-electron chi connectivity index (χ1n) is 12.3. The van der Waals surface area contributed by atoms with Gasteiger partial charge in [-0.05, 0) is 46.9 Å². The molecule has 0 spiro atoms. The summed E-state index contributed by atoms with van der Waals surface area (Å²) < 4.78 is 5.65. The van der Waals surface area contributed by atoms with Gasteiger partial charge in [-0.25, -0.2) is 4.79 Å². The highest BCUT2D eigenvalue weighted by molar-refractivity contribution is 5.87. The van der Waals surface area contributed by atoms with E-state index in [2.05, 4.69) is 34.9 Å². The van der Waals surface area contributed by atoms with Gasteiger partial charge < -0.3 is 20.5 Å². The van der Waals surface area contributed by atoms with E-state index in [9.17, 15) is 19.5 Å². The molecule has 2 unspecified atom stereocenters. The zero-order chi connectivity index (χ0) is 25.2. The lowest BCUT2D eigenvalue weighted by atomic mass is 9.83. The summed E-state index contributed by atoms with van der Waals surface area (Å²) in [5.41, 5.74) is 3.98. The Kier molecular flexibility index (Phi) is 7.15. The van der Waals surface area contributed by atoms with Gasteiger partial charge in [0.05, 0.1) is 5.92 Å². The van der Waals surface area contributed by atoms with E-state index in [-0.39, 0.29) is 24.5 Å². The van der Waals surface area contributed by atoms with Gasteiger partial charge in [0.25, 0.3) is 0 Å². The van der Waals surface area contributed by atoms with Gasteiger partial charge in [-0.1, -0.05) is 75.7 Å². The molecule has 2 aromatic rings. The second kappa shape index (κ2) is 10.1. The first-order valence-corrected chi connectivity index (χ1v) is 12.3. The van der Waals surface area contributed by atoms with Gasteiger partial charge in [0.15, 0.2) is 0 Å². The molecule has 2 amide bonds. The Hall–Kier alpha value is -3.35. The Bertz CT molecular complexity index is 1060. The molecule has 0 bridgehead atoms. The largest absolute Gasteiger partial charge is 0.481 e. The highest BCUT2D eigenvalue weighted by atomic mass is 16.5. The summed E-state index contributed by atoms with van der Waals surface area (Å²) >= 11 is 0. The predicted octanol–water partition coefficient (Wildman–Crippen LogP) is 4.70. The van der Waals surface area contributed by atoms with E-state index in [0.29, 0.717) is 12.8 Å². The molecule has 0 aliphatic heterocycles. The lowest BCUT2D eigenvalue weighted by Crippen LogP contribution is -2.56. The van der Waals surface area contributed by atoms with Gasteiger partial charge in [0.1, 0.15) is 12.6 Å². The molecule has 0 heterocycles. The van der Waals surface area contributed by atoms with Gasteiger partial charge >= 0.3 is 12.1 Å². The van der Waals surface area contributed by atoms with E-state index in [1.165, 1.54) is 0 Å². The summed E-state index contributed by atoms with van der Waals surface area (Å²) in [4.78, 5) is 37.3. The van der Waals surface area contributed by atoms with Crippen LogP contribution in [0.5, 0.6) is 0 Å². The summed E-state index contributed by atoms with van der Waals surface area (Å²) in [5.74, 6) is -1.65. The maximum absolute atomic E-state index is 13.1. The molecule has 1 saturated carbocycles. The van der Waals surface area contributed by atoms with Crippen molar-refractivity contribution < 1.29 is 24.2 Å². The van der Waals surface area contributed by atoms with Crippen LogP contribution in [0, 0.1) is 11.3 Å². The fourth-order valence-corrected chi connectivity index (χ4v) is 5.26. The van der Waals surface area contributed by atoms with Crippen molar-refractivity contribution >= 4 is 18.0 Å². The Labute approximate surface area is 206 Å². The molecule has 2 aliphatic rings. The molecule has 2 aliphatic carbocycles. The van der Waals surface area contributed by atoms with Crippen molar-refractivity contribution in [3.63, 3.8) is 0 Å². The van der Waals surface area contributed by atoms with Crippen LogP contribution >= 0.6 is 0 Å². The number of carbonyl (C=O) groups excluding carboxylic acids is 2. The molecule has 4 rings (SSSR count). The van der Waals surface area contributed by atoms with Crippen molar-refractivity contribution in [2.24, 2.45) is 11.3 Å². The molecule has 1 fully saturated rings. The van der Waals surface area contributed by atoms with Crippen molar-refractivity contribution in [3.05, 3.63) is 59.7 Å². The van der Waals surface area contributed by atoms with Gasteiger partial charge in [-0.15, -0.1) is 0 Å². The number of carboxylic acid groups (broad SMARTS) is 1. The first-order chi connectivity index (χ1) is 16.6. The molecule has 35 heavy (non-hydrogen) atoms. The third-order valence-electron chi connectivity index (χ3n) is 7.10. The number of amides is 2. The zero-order valence-electron chi connectivity index (χ0n) is 20.5. The number of hydrogen-bond donors (Lipinski definition) is 3. The molecule has 3 atom stereocenters. The number of carboxylic acids is 1. The maximum atomic E-state index is 13.1. The topological polar surface area (TPSA) is 105 Å². The van der Waals surface area contributed by atoms with Crippen molar-refractivity contribution in [3.8, 4) is 11.1 Å². The van der Waals surface area contributed by atoms with Crippen LogP contribution in [0.2, 0.25) is 0 Å². The van der Waals surface area contributed by atoms with Crippen molar-refractivity contribution in [2.45, 2.75) is 64.5 Å². The minimum Gasteiger partial charge on any atom is -0.481 e. The van der Waals surface area contributed by atoms with Crippen LogP contribution in [0.3, 0.4) is 0 Å². The number of benzene rings is 2. The van der Waals surface area contributed by atoms with Crippen molar-refractivity contribution in [1.82, 2.24) is 10.6 Å². The van der Waals surface area contributed by atoms with E-state index < -0.39 is 29.4 Å². The highest BCUT2D eigenvalue weighted by Crippen LogP contribution is 2.44. The first kappa shape index (κ1) is 24.8. The second-order valence-corrected chi connectivity index (χ2v) is 10.7. The van der Waals surface area contributed by atoms with E-state index in [1.807, 2.05) is 45.0 Å². The monoisotopic (exact) mass is 478 g/mol. The minimum atomic E-state index is -0.826. The van der Waals surface area contributed by atoms with Crippen LogP contribution in [0.25, 0.3) is 11.1 Å². The SMILES string of the molecule is CC(C)(C)[C@H](NC(=O)OCC1c2ccccc2-c2ccccc21)C(=O)NC1CCCC(C(=O)O)C1. The fraction of sp³-hybridized carbons (Fsp3) is 0.464. The minimum absolute atomic E-state index is 0.0646. The average Bonchev–Trinajstić information content (AvgIpc) is 3.14. The van der Waals surface area contributed by atoms with Crippen LogP contribution in [0.4, 0.5) is 4.79 Å². The van der Waals surface area contributed by atoms with Crippen LogP contribution in [0.15, 0.2) is 48.5 Å². The van der Waals surface area contributed by atoms with Crippen LogP contribution in [-0.4, -0.2) is 41.8 Å². The normalized spacial score (nSPS) is 20.3. The van der Waals surface area contributed by atoms with Crippen molar-refractivity contribution in [2.75, 3.05) is 6.61 Å². The molecule has 7 nitrogen and oxygen atoms in total. The molecule has 0 aromatic heterocycles. The summed E-state index contributed by atoms with van der Waals surface area (Å²) in [6.07, 6.45) is 1.87. The predicted molar refractivity (Wildman–Crippen MR) is 133 cm³/mol. The number of alkyl carbamates (subject to hydrolysis) is 1. The van der Waals surface area contributed by atoms with E-state index in [1.54, 1.807) is 0 Å². The lowest BCUT2D eigenvalue weighted by Gasteiger charge is -2.33. The third-order valence-corrected chi connectivity index (χ3v) is 7.10. The molecule has 3 N–H and O–H groups in total. The fourth-order valence-electron chi connectivity index (χ4n) is 5.26. The number of nitrogens with one attached hydrogen (secondary N) is 2. The Morgan fingerprint density at radius 1 is 1.00 bits per heavy atom. The molecule has 2 aromatic carbocycles. The summed E-state index contributed by atoms with van der Waals surface area (Å²) in [6, 6.07) is 15.2. The van der Waals surface area contributed by atoms with Crippen LogP contribution in [0.1, 0.15) is 63.5 Å². The second-order valence-electron chi connectivity index (χ2n) is 10.7. The summed E-state index contributed by atoms with van der Waals surface area (Å²) in [7, 11) is 0. The molecular weight excluding hydrogens is 444 g/mol. The lowest BCUT2D eigenvalue weighted by molar-refractivity contribution is -0.143. The van der Waals surface area contributed by atoms with Crippen LogP contribution in [-0.2, 0) is 14.3 Å². The smallest absolute Gasteiger partial charge is 0.407 e. The quantitative estimate of drug-likeness (QED) is 0.558. The number of aliphatic carboxylic acids is 1. The maximum Gasteiger partial charge on any atom is 0.407 e. The Morgan fingerprint density at radius 3 is 2.17 bits per heavy atom. The van der Waals surface area contributed by atoms with Gasteiger partial charge in [-0.3, -0.25) is 9.59 Å². The molecule has 0 radical (unpaired) electrons.